The van der Waals surface area contributed by atoms with Gasteiger partial charge in [-0.15, -0.1) is 0 Å². The van der Waals surface area contributed by atoms with Crippen molar-refractivity contribution in [3.05, 3.63) is 109 Å². The van der Waals surface area contributed by atoms with Gasteiger partial charge in [-0.3, -0.25) is 9.59 Å². The van der Waals surface area contributed by atoms with Crippen LogP contribution in [0.15, 0.2) is 109 Å². The molecule has 0 aromatic heterocycles. The largest absolute Gasteiger partial charge is 0.462 e. The maximum atomic E-state index is 12.3. The molecular weight excluding hydrogens is 909 g/mol. The van der Waals surface area contributed by atoms with Gasteiger partial charge in [-0.1, -0.05) is 297 Å². The van der Waals surface area contributed by atoms with Gasteiger partial charge < -0.3 is 14.6 Å². The molecular formula is C69H118O5. The van der Waals surface area contributed by atoms with Crippen LogP contribution in [0.25, 0.3) is 0 Å². The second-order valence-electron chi connectivity index (χ2n) is 20.7. The fraction of sp³-hybridized carbons (Fsp3) is 0.710. The zero-order valence-corrected chi connectivity index (χ0v) is 48.6. The summed E-state index contributed by atoms with van der Waals surface area (Å²) < 4.78 is 10.7. The lowest BCUT2D eigenvalue weighted by Gasteiger charge is -2.15. The third-order valence-corrected chi connectivity index (χ3v) is 13.6. The van der Waals surface area contributed by atoms with Gasteiger partial charge in [0.05, 0.1) is 6.61 Å². The highest BCUT2D eigenvalue weighted by Crippen LogP contribution is 2.17. The number of esters is 2. The van der Waals surface area contributed by atoms with Gasteiger partial charge in [-0.25, -0.2) is 0 Å². The van der Waals surface area contributed by atoms with Gasteiger partial charge in [0.2, 0.25) is 0 Å². The monoisotopic (exact) mass is 1030 g/mol. The summed E-state index contributed by atoms with van der Waals surface area (Å²) >= 11 is 0. The van der Waals surface area contributed by atoms with E-state index < -0.39 is 6.10 Å². The molecule has 1 N–H and O–H groups in total. The number of hydrogen-bond acceptors (Lipinski definition) is 5. The van der Waals surface area contributed by atoms with Crippen LogP contribution in [0, 0.1) is 0 Å². The van der Waals surface area contributed by atoms with Crippen LogP contribution in [0.2, 0.25) is 0 Å². The average molecular weight is 1030 g/mol. The van der Waals surface area contributed by atoms with Crippen LogP contribution in [-0.2, 0) is 19.1 Å². The van der Waals surface area contributed by atoms with Crippen LogP contribution >= 0.6 is 0 Å². The highest BCUT2D eigenvalue weighted by atomic mass is 16.6. The molecule has 0 aliphatic carbocycles. The van der Waals surface area contributed by atoms with Gasteiger partial charge >= 0.3 is 11.9 Å². The maximum absolute atomic E-state index is 12.3. The van der Waals surface area contributed by atoms with Crippen molar-refractivity contribution in [3.8, 4) is 0 Å². The minimum absolute atomic E-state index is 0.0696. The van der Waals surface area contributed by atoms with Crippen molar-refractivity contribution in [1.82, 2.24) is 0 Å². The third kappa shape index (κ3) is 61.1. The average Bonchev–Trinajstić information content (AvgIpc) is 3.40. The fourth-order valence-electron chi connectivity index (χ4n) is 8.93. The van der Waals surface area contributed by atoms with Crippen LogP contribution in [0.1, 0.15) is 296 Å². The predicted molar refractivity (Wildman–Crippen MR) is 325 cm³/mol. The van der Waals surface area contributed by atoms with Crippen LogP contribution in [0.3, 0.4) is 0 Å². The van der Waals surface area contributed by atoms with Crippen LogP contribution < -0.4 is 0 Å². The summed E-state index contributed by atoms with van der Waals surface area (Å²) in [6.07, 6.45) is 92.3. The maximum Gasteiger partial charge on any atom is 0.306 e. The van der Waals surface area contributed by atoms with E-state index >= 15 is 0 Å². The summed E-state index contributed by atoms with van der Waals surface area (Å²) in [5, 5.41) is 9.68. The number of unbranched alkanes of at least 4 members (excludes halogenated alkanes) is 31. The Morgan fingerprint density at radius 2 is 0.541 bits per heavy atom. The number of rotatable bonds is 57. The summed E-state index contributed by atoms with van der Waals surface area (Å²) in [7, 11) is 0. The normalized spacial score (nSPS) is 13.0. The minimum atomic E-state index is -0.779. The molecule has 0 heterocycles. The molecule has 0 bridgehead atoms. The summed E-state index contributed by atoms with van der Waals surface area (Å²) in [4.78, 5) is 24.6. The molecule has 0 aliphatic heterocycles. The highest BCUT2D eigenvalue weighted by Gasteiger charge is 2.16. The van der Waals surface area contributed by atoms with E-state index in [1.54, 1.807) is 0 Å². The molecule has 0 spiro atoms. The molecule has 424 valence electrons. The lowest BCUT2D eigenvalue weighted by molar-refractivity contribution is -0.161. The number of hydrogen-bond donors (Lipinski definition) is 1. The van der Waals surface area contributed by atoms with Crippen molar-refractivity contribution >= 4 is 11.9 Å². The summed E-state index contributed by atoms with van der Waals surface area (Å²) in [6.45, 7) is 3.93. The highest BCUT2D eigenvalue weighted by molar-refractivity contribution is 5.70. The summed E-state index contributed by atoms with van der Waals surface area (Å²) in [6, 6.07) is 0. The zero-order chi connectivity index (χ0) is 53.4. The van der Waals surface area contributed by atoms with Gasteiger partial charge in [0, 0.05) is 12.8 Å². The van der Waals surface area contributed by atoms with Crippen LogP contribution in [0.4, 0.5) is 0 Å². The zero-order valence-electron chi connectivity index (χ0n) is 48.6. The van der Waals surface area contributed by atoms with Gasteiger partial charge in [0.15, 0.2) is 6.10 Å². The van der Waals surface area contributed by atoms with Gasteiger partial charge in [0.1, 0.15) is 6.61 Å². The SMILES string of the molecule is CC/C=C\C/C=C\C/C=C\C/C=C\C/C=C\CCCCCCCCCCCCCCCCCCCCCCCC(=O)OC(CO)COC(=O)CCCCCCCCCCCC/C=C\C/C=C\C/C=C\C/C=C\CC. The number of carbonyl (C=O) groups is 2. The van der Waals surface area contributed by atoms with E-state index in [1.165, 1.54) is 173 Å². The van der Waals surface area contributed by atoms with Gasteiger partial charge in [-0.2, -0.15) is 0 Å². The number of ether oxygens (including phenoxy) is 2. The van der Waals surface area contributed by atoms with Crippen molar-refractivity contribution in [2.75, 3.05) is 13.2 Å². The van der Waals surface area contributed by atoms with E-state index in [2.05, 4.69) is 123 Å². The van der Waals surface area contributed by atoms with Crippen LogP contribution in [0.5, 0.6) is 0 Å². The van der Waals surface area contributed by atoms with E-state index in [9.17, 15) is 14.7 Å². The second-order valence-corrected chi connectivity index (χ2v) is 20.7. The first-order chi connectivity index (χ1) is 36.6. The molecule has 1 unspecified atom stereocenters. The molecule has 0 aromatic carbocycles. The summed E-state index contributed by atoms with van der Waals surface area (Å²) in [5.41, 5.74) is 0. The van der Waals surface area contributed by atoms with Crippen molar-refractivity contribution in [2.45, 2.75) is 302 Å². The smallest absolute Gasteiger partial charge is 0.306 e. The Bertz CT molecular complexity index is 1440. The Morgan fingerprint density at radius 1 is 0.311 bits per heavy atom. The summed E-state index contributed by atoms with van der Waals surface area (Å²) in [5.74, 6) is -0.588. The molecule has 0 fully saturated rings. The van der Waals surface area contributed by atoms with Crippen molar-refractivity contribution in [1.29, 1.82) is 0 Å². The molecule has 74 heavy (non-hydrogen) atoms. The Labute approximate surface area is 459 Å². The lowest BCUT2D eigenvalue weighted by Crippen LogP contribution is -2.28. The van der Waals surface area contributed by atoms with Crippen molar-refractivity contribution in [3.63, 3.8) is 0 Å². The Kier molecular flexibility index (Phi) is 60.9. The molecule has 0 aromatic rings. The van der Waals surface area contributed by atoms with Crippen molar-refractivity contribution in [2.24, 2.45) is 0 Å². The first kappa shape index (κ1) is 70.6. The van der Waals surface area contributed by atoms with Gasteiger partial charge in [0.25, 0.3) is 0 Å². The first-order valence-electron chi connectivity index (χ1n) is 31.4. The minimum Gasteiger partial charge on any atom is -0.462 e. The van der Waals surface area contributed by atoms with E-state index in [0.29, 0.717) is 12.8 Å². The molecule has 5 heteroatoms. The number of aliphatic hydroxyl groups excluding tert-OH is 1. The lowest BCUT2D eigenvalue weighted by atomic mass is 10.0. The Balaban J connectivity index is 3.45. The molecule has 1 atom stereocenters. The number of aliphatic hydroxyl groups is 1. The molecule has 0 radical (unpaired) electrons. The molecule has 0 saturated carbocycles. The fourth-order valence-corrected chi connectivity index (χ4v) is 8.93. The quantitative estimate of drug-likeness (QED) is 0.0373. The van der Waals surface area contributed by atoms with E-state index in [-0.39, 0.29) is 25.2 Å². The van der Waals surface area contributed by atoms with Gasteiger partial charge in [-0.05, 0) is 96.3 Å². The number of allylic oxidation sites excluding steroid dienone is 18. The Morgan fingerprint density at radius 3 is 0.811 bits per heavy atom. The molecule has 0 saturated heterocycles. The molecule has 0 aliphatic rings. The molecule has 5 nitrogen and oxygen atoms in total. The van der Waals surface area contributed by atoms with E-state index in [0.717, 1.165) is 96.3 Å². The predicted octanol–water partition coefficient (Wildman–Crippen LogP) is 21.6. The third-order valence-electron chi connectivity index (χ3n) is 13.6. The standard InChI is InChI=1S/C69H118O5/c1-3-5-7-9-11-13-15-17-19-21-23-25-27-28-29-30-31-32-33-34-35-36-37-38-39-40-42-44-46-48-50-52-54-56-58-60-62-64-69(72)74-67(65-70)66-73-68(71)63-61-59-57-55-53-51-49-47-45-43-41-26-24-22-20-18-16-14-12-10-8-6-4-2/h5-8,11-14,17-20,23-26,28-29,67,70H,3-4,9-10,15-16,21-22,27,30-66H2,1-2H3/b7-5-,8-6-,13-11-,14-12-,19-17-,20-18-,25-23-,26-24-,29-28-. The Hall–Kier alpha value is -3.44. The molecule has 0 amide bonds. The molecule has 0 rings (SSSR count). The van der Waals surface area contributed by atoms with Crippen LogP contribution in [-0.4, -0.2) is 36.4 Å². The van der Waals surface area contributed by atoms with E-state index in [4.69, 9.17) is 9.47 Å². The first-order valence-corrected chi connectivity index (χ1v) is 31.4. The second kappa shape index (κ2) is 63.8. The van der Waals surface area contributed by atoms with E-state index in [1.807, 2.05) is 0 Å². The van der Waals surface area contributed by atoms with Crippen molar-refractivity contribution < 1.29 is 24.2 Å². The number of carbonyl (C=O) groups excluding carboxylic acids is 2. The topological polar surface area (TPSA) is 72.8 Å².